The van der Waals surface area contributed by atoms with Crippen LogP contribution in [0.4, 0.5) is 18.9 Å². The largest absolute Gasteiger partial charge is 0.464 e. The minimum absolute atomic E-state index is 0.122. The summed E-state index contributed by atoms with van der Waals surface area (Å²) in [5, 5.41) is 7.24. The van der Waals surface area contributed by atoms with Gasteiger partial charge in [0.1, 0.15) is 6.07 Å². The highest BCUT2D eigenvalue weighted by molar-refractivity contribution is 6.45. The minimum atomic E-state index is -4.79. The Labute approximate surface area is 154 Å². The molecule has 5 nitrogen and oxygen atoms in total. The number of benzene rings is 1. The van der Waals surface area contributed by atoms with Crippen molar-refractivity contribution in [1.82, 2.24) is 4.57 Å². The number of nitrogens with zero attached hydrogens (tertiary/aromatic N) is 2. The number of nitrogen functional groups attached to an aromatic ring is 1. The molecule has 11 heteroatoms. The molecule has 0 spiro atoms. The Morgan fingerprint density at radius 1 is 1.32 bits per heavy atom. The third-order valence-electron chi connectivity index (χ3n) is 3.22. The number of nitrogens with two attached hydrogens (primary N) is 1. The number of hydrogen-bond acceptors (Lipinski definition) is 4. The summed E-state index contributed by atoms with van der Waals surface area (Å²) in [6.07, 6.45) is -3.69. The summed E-state index contributed by atoms with van der Waals surface area (Å²) in [4.78, 5) is 12.0. The van der Waals surface area contributed by atoms with Crippen molar-refractivity contribution in [2.75, 3.05) is 12.8 Å². The van der Waals surface area contributed by atoms with E-state index in [1.54, 1.807) is 6.07 Å². The van der Waals surface area contributed by atoms with E-state index in [-0.39, 0.29) is 22.6 Å². The Bertz CT molecular complexity index is 917. The number of anilines is 1. The van der Waals surface area contributed by atoms with E-state index in [1.165, 1.54) is 0 Å². The van der Waals surface area contributed by atoms with Crippen molar-refractivity contribution in [3.05, 3.63) is 44.2 Å². The molecule has 2 aromatic rings. The number of esters is 1. The second-order valence-corrected chi connectivity index (χ2v) is 5.82. The first-order valence-corrected chi connectivity index (χ1v) is 7.42. The minimum Gasteiger partial charge on any atom is -0.464 e. The highest BCUT2D eigenvalue weighted by Gasteiger charge is 2.36. The summed E-state index contributed by atoms with van der Waals surface area (Å²) in [7, 11) is 1.06. The lowest BCUT2D eigenvalue weighted by molar-refractivity contribution is -0.137. The van der Waals surface area contributed by atoms with Crippen LogP contribution >= 0.6 is 34.8 Å². The van der Waals surface area contributed by atoms with Gasteiger partial charge >= 0.3 is 12.1 Å². The topological polar surface area (TPSA) is 81.0 Å². The molecule has 0 saturated carbocycles. The summed E-state index contributed by atoms with van der Waals surface area (Å²) in [6, 6.07) is 2.31. The van der Waals surface area contributed by atoms with Crippen molar-refractivity contribution in [1.29, 1.82) is 5.26 Å². The molecule has 2 rings (SSSR count). The Morgan fingerprint density at radius 2 is 1.92 bits per heavy atom. The van der Waals surface area contributed by atoms with E-state index in [1.807, 2.05) is 0 Å². The molecule has 0 aliphatic carbocycles. The molecule has 0 fully saturated rings. The van der Waals surface area contributed by atoms with Crippen LogP contribution in [0.25, 0.3) is 5.69 Å². The van der Waals surface area contributed by atoms with Crippen LogP contribution in [0.3, 0.4) is 0 Å². The number of methoxy groups -OCH3 is 1. The van der Waals surface area contributed by atoms with Crippen molar-refractivity contribution in [2.45, 2.75) is 6.18 Å². The smallest absolute Gasteiger partial charge is 0.417 e. The average molecular weight is 413 g/mol. The lowest BCUT2D eigenvalue weighted by Crippen LogP contribution is -2.13. The molecule has 0 amide bonds. The molecule has 1 aromatic heterocycles. The summed E-state index contributed by atoms with van der Waals surface area (Å²) in [5.74, 6) is -0.942. The van der Waals surface area contributed by atoms with E-state index in [0.717, 1.165) is 17.9 Å². The van der Waals surface area contributed by atoms with Crippen LogP contribution < -0.4 is 5.73 Å². The Balaban J connectivity index is 2.87. The molecule has 2 N–H and O–H groups in total. The normalized spacial score (nSPS) is 11.3. The van der Waals surface area contributed by atoms with Gasteiger partial charge in [-0.2, -0.15) is 18.4 Å². The van der Waals surface area contributed by atoms with Crippen LogP contribution in [-0.2, 0) is 10.9 Å². The van der Waals surface area contributed by atoms with Gasteiger partial charge in [0.2, 0.25) is 0 Å². The van der Waals surface area contributed by atoms with E-state index >= 15 is 0 Å². The number of halogens is 6. The quantitative estimate of drug-likeness (QED) is 0.573. The lowest BCUT2D eigenvalue weighted by atomic mass is 10.2. The Morgan fingerprint density at radius 3 is 2.40 bits per heavy atom. The monoisotopic (exact) mass is 411 g/mol. The van der Waals surface area contributed by atoms with Gasteiger partial charge in [0.25, 0.3) is 0 Å². The Hall–Kier alpha value is -2.08. The maximum atomic E-state index is 13.0. The predicted octanol–water partition coefficient (Wildman–Crippen LogP) is 4.70. The van der Waals surface area contributed by atoms with Gasteiger partial charge in [-0.3, -0.25) is 0 Å². The molecule has 0 atom stereocenters. The fourth-order valence-corrected chi connectivity index (χ4v) is 2.99. The molecule has 0 unspecified atom stereocenters. The molecule has 0 saturated heterocycles. The fraction of sp³-hybridized carbons (Fsp3) is 0.143. The van der Waals surface area contributed by atoms with Crippen molar-refractivity contribution in [3.63, 3.8) is 0 Å². The molecule has 0 radical (unpaired) electrons. The van der Waals surface area contributed by atoms with Gasteiger partial charge < -0.3 is 15.0 Å². The number of carbonyl (C=O) groups is 1. The predicted molar refractivity (Wildman–Crippen MR) is 86.3 cm³/mol. The lowest BCUT2D eigenvalue weighted by Gasteiger charge is -2.17. The van der Waals surface area contributed by atoms with E-state index in [4.69, 9.17) is 45.8 Å². The van der Waals surface area contributed by atoms with Gasteiger partial charge in [-0.25, -0.2) is 4.79 Å². The maximum absolute atomic E-state index is 13.0. The van der Waals surface area contributed by atoms with Crippen LogP contribution in [0, 0.1) is 11.3 Å². The number of hydrogen-bond donors (Lipinski definition) is 1. The van der Waals surface area contributed by atoms with Crippen LogP contribution in [0.2, 0.25) is 15.1 Å². The van der Waals surface area contributed by atoms with Crippen molar-refractivity contribution in [3.8, 4) is 11.8 Å². The van der Waals surface area contributed by atoms with Gasteiger partial charge in [0, 0.05) is 6.20 Å². The SMILES string of the molecule is COC(=O)c1c(N)c(C#N)cn1-c1c(Cl)cc(C(F)(F)F)c(Cl)c1Cl. The standard InChI is InChI=1S/C14H7Cl3F3N3O2/c1-25-13(24)12-10(22)5(3-21)4-23(12)11-7(15)2-6(14(18,19)20)8(16)9(11)17/h2,4H,22H2,1H3. The number of nitriles is 1. The van der Waals surface area contributed by atoms with Crippen molar-refractivity contribution in [2.24, 2.45) is 0 Å². The number of aromatic nitrogens is 1. The average Bonchev–Trinajstić information content (AvgIpc) is 2.85. The third-order valence-corrected chi connectivity index (χ3v) is 4.37. The first-order chi connectivity index (χ1) is 11.5. The van der Waals surface area contributed by atoms with Crippen LogP contribution in [0.15, 0.2) is 12.3 Å². The van der Waals surface area contributed by atoms with Crippen molar-refractivity contribution < 1.29 is 22.7 Å². The third kappa shape index (κ3) is 3.23. The first-order valence-electron chi connectivity index (χ1n) is 6.28. The maximum Gasteiger partial charge on any atom is 0.417 e. The van der Waals surface area contributed by atoms with Crippen LogP contribution in [-0.4, -0.2) is 17.6 Å². The van der Waals surface area contributed by atoms with E-state index < -0.39 is 32.8 Å². The highest BCUT2D eigenvalue weighted by Crippen LogP contribution is 2.44. The zero-order valence-electron chi connectivity index (χ0n) is 12.2. The highest BCUT2D eigenvalue weighted by atomic mass is 35.5. The summed E-state index contributed by atoms with van der Waals surface area (Å²) in [6.45, 7) is 0. The second-order valence-electron chi connectivity index (χ2n) is 4.66. The molecule has 0 aliphatic rings. The summed E-state index contributed by atoms with van der Waals surface area (Å²) < 4.78 is 44.5. The molecular weight excluding hydrogens is 406 g/mol. The number of rotatable bonds is 2. The molecule has 132 valence electrons. The van der Waals surface area contributed by atoms with Gasteiger partial charge in [-0.1, -0.05) is 34.8 Å². The zero-order valence-corrected chi connectivity index (χ0v) is 14.5. The Kier molecular flexibility index (Phi) is 5.14. The van der Waals surface area contributed by atoms with E-state index in [0.29, 0.717) is 6.07 Å². The van der Waals surface area contributed by atoms with Gasteiger partial charge in [0.15, 0.2) is 5.69 Å². The van der Waals surface area contributed by atoms with Gasteiger partial charge in [-0.15, -0.1) is 0 Å². The van der Waals surface area contributed by atoms with Gasteiger partial charge in [0.05, 0.1) is 44.7 Å². The van der Waals surface area contributed by atoms with Gasteiger partial charge in [-0.05, 0) is 6.07 Å². The van der Waals surface area contributed by atoms with Crippen LogP contribution in [0.1, 0.15) is 21.6 Å². The zero-order chi connectivity index (χ0) is 19.1. The molecule has 25 heavy (non-hydrogen) atoms. The van der Waals surface area contributed by atoms with E-state index in [9.17, 15) is 18.0 Å². The van der Waals surface area contributed by atoms with Crippen molar-refractivity contribution >= 4 is 46.5 Å². The molecule has 0 bridgehead atoms. The second kappa shape index (κ2) is 6.67. The fourth-order valence-electron chi connectivity index (χ4n) is 2.10. The number of carbonyl (C=O) groups excluding carboxylic acids is 1. The molecule has 1 heterocycles. The number of ether oxygens (including phenoxy) is 1. The molecule has 1 aromatic carbocycles. The van der Waals surface area contributed by atoms with Crippen LogP contribution in [0.5, 0.6) is 0 Å². The summed E-state index contributed by atoms with van der Waals surface area (Å²) >= 11 is 17.6. The van der Waals surface area contributed by atoms with E-state index in [2.05, 4.69) is 4.74 Å². The first kappa shape index (κ1) is 19.2. The summed E-state index contributed by atoms with van der Waals surface area (Å²) in [5.41, 5.74) is 3.56. The molecular formula is C14H7Cl3F3N3O2. The number of alkyl halides is 3. The molecule has 0 aliphatic heterocycles.